The molecule has 0 radical (unpaired) electrons. The molecule has 0 spiro atoms. The number of ether oxygens (including phenoxy) is 4. The molecule has 1 saturated heterocycles. The minimum Gasteiger partial charge on any atom is -0.453 e. The Bertz CT molecular complexity index is 1380. The van der Waals surface area contributed by atoms with E-state index < -0.39 is 86.8 Å². The number of nitrogens with two attached hydrogens (primary N) is 1. The van der Waals surface area contributed by atoms with Crippen LogP contribution in [0.5, 0.6) is 0 Å². The van der Waals surface area contributed by atoms with Gasteiger partial charge in [0, 0.05) is 12.6 Å². The molecular formula is C34H56F2N3O12P. The quantitative estimate of drug-likeness (QED) is 0.0424. The van der Waals surface area contributed by atoms with Crippen molar-refractivity contribution in [3.05, 3.63) is 22.7 Å². The Morgan fingerprint density at radius 2 is 1.38 bits per heavy atom. The minimum absolute atomic E-state index is 0.159. The van der Waals surface area contributed by atoms with E-state index in [1.807, 2.05) is 0 Å². The second-order valence-corrected chi connectivity index (χ2v) is 16.4. The van der Waals surface area contributed by atoms with E-state index in [1.54, 1.807) is 41.5 Å². The lowest BCUT2D eigenvalue weighted by atomic mass is 9.98. The monoisotopic (exact) mass is 767 g/mol. The van der Waals surface area contributed by atoms with Crippen molar-refractivity contribution < 1.29 is 60.2 Å². The van der Waals surface area contributed by atoms with Crippen LogP contribution in [0.1, 0.15) is 125 Å². The summed E-state index contributed by atoms with van der Waals surface area (Å²) in [6, 6.07) is 1.10. The Kier molecular flexibility index (Phi) is 17.8. The normalized spacial score (nSPS) is 19.0. The molecule has 0 bridgehead atoms. The van der Waals surface area contributed by atoms with Gasteiger partial charge in [-0.15, -0.1) is 0 Å². The van der Waals surface area contributed by atoms with E-state index in [1.165, 1.54) is 25.7 Å². The van der Waals surface area contributed by atoms with Crippen molar-refractivity contribution in [2.75, 3.05) is 25.9 Å². The van der Waals surface area contributed by atoms with Crippen LogP contribution >= 0.6 is 7.82 Å². The van der Waals surface area contributed by atoms with Crippen molar-refractivity contribution in [2.45, 2.75) is 143 Å². The summed E-state index contributed by atoms with van der Waals surface area (Å²) in [5.41, 5.74) is 2.43. The number of nitrogen functional groups attached to an aromatic ring is 1. The van der Waals surface area contributed by atoms with Crippen molar-refractivity contribution in [2.24, 2.45) is 10.8 Å². The highest BCUT2D eigenvalue weighted by molar-refractivity contribution is 7.48. The average Bonchev–Trinajstić information content (AvgIpc) is 3.28. The molecule has 1 fully saturated rings. The number of rotatable bonds is 22. The van der Waals surface area contributed by atoms with Crippen LogP contribution in [0.15, 0.2) is 17.1 Å². The number of phosphoric acid groups is 1. The first kappa shape index (κ1) is 45.2. The van der Waals surface area contributed by atoms with Gasteiger partial charge in [0.05, 0.1) is 17.4 Å². The predicted octanol–water partition coefficient (Wildman–Crippen LogP) is 6.83. The fourth-order valence-electron chi connectivity index (χ4n) is 4.81. The lowest BCUT2D eigenvalue weighted by molar-refractivity contribution is -0.176. The fraction of sp³-hybridized carbons (Fsp3) is 0.794. The number of esters is 3. The summed E-state index contributed by atoms with van der Waals surface area (Å²) < 4.78 is 82.3. The van der Waals surface area contributed by atoms with Crippen LogP contribution in [0.25, 0.3) is 0 Å². The van der Waals surface area contributed by atoms with Crippen LogP contribution in [0.2, 0.25) is 0 Å². The summed E-state index contributed by atoms with van der Waals surface area (Å²) in [4.78, 5) is 53.3. The molecule has 52 heavy (non-hydrogen) atoms. The molecule has 15 nitrogen and oxygen atoms in total. The molecule has 0 aliphatic carbocycles. The third-order valence-corrected chi connectivity index (χ3v) is 9.18. The van der Waals surface area contributed by atoms with Gasteiger partial charge in [0.1, 0.15) is 11.9 Å². The zero-order chi connectivity index (χ0) is 39.2. The van der Waals surface area contributed by atoms with Gasteiger partial charge in [0.15, 0.2) is 6.10 Å². The fourth-order valence-corrected chi connectivity index (χ4v) is 5.72. The molecule has 18 heteroatoms. The van der Waals surface area contributed by atoms with E-state index in [2.05, 4.69) is 11.9 Å². The summed E-state index contributed by atoms with van der Waals surface area (Å²) in [7, 11) is -4.86. The Labute approximate surface area is 304 Å². The molecule has 1 aromatic rings. The first-order valence-corrected chi connectivity index (χ1v) is 19.1. The molecule has 298 valence electrons. The van der Waals surface area contributed by atoms with E-state index in [-0.39, 0.29) is 12.2 Å². The number of hydrogen-bond acceptors (Lipinski definition) is 14. The zero-order valence-corrected chi connectivity index (χ0v) is 32.3. The second-order valence-electron chi connectivity index (χ2n) is 14.7. The van der Waals surface area contributed by atoms with E-state index >= 15 is 8.78 Å². The first-order chi connectivity index (χ1) is 24.2. The number of halogens is 2. The number of hydrogen-bond donors (Lipinski definition) is 1. The number of anilines is 1. The average molecular weight is 768 g/mol. The standard InChI is InChI=1S/C34H56F2N3O12P/c1-8-9-10-11-12-13-14-15-16-17-18-26(40)51-27-24(50-28(34(27,35)36)39-20-19-25(37)38-31(39)43)21-47-52(44,48-22-45-29(41)32(2,3)4)49-23-46-30(42)33(5,6)7/h19-20,24,27-28H,8-18,21-23H2,1-7H3,(H2,37,38,43)/t24-,27-,28?/m1/s1. The van der Waals surface area contributed by atoms with Crippen molar-refractivity contribution in [3.8, 4) is 0 Å². The number of carbonyl (C=O) groups is 3. The molecule has 2 rings (SSSR count). The minimum atomic E-state index is -4.86. The van der Waals surface area contributed by atoms with E-state index in [9.17, 15) is 23.7 Å². The Morgan fingerprint density at radius 3 is 1.87 bits per heavy atom. The topological polar surface area (TPSA) is 194 Å². The molecule has 1 unspecified atom stereocenters. The third kappa shape index (κ3) is 14.8. The van der Waals surface area contributed by atoms with Crippen molar-refractivity contribution in [1.82, 2.24) is 9.55 Å². The molecule has 1 aromatic heterocycles. The van der Waals surface area contributed by atoms with Crippen molar-refractivity contribution in [1.29, 1.82) is 0 Å². The van der Waals surface area contributed by atoms with Gasteiger partial charge in [-0.1, -0.05) is 64.7 Å². The van der Waals surface area contributed by atoms with Gasteiger partial charge in [-0.05, 0) is 54.0 Å². The van der Waals surface area contributed by atoms with E-state index in [4.69, 9.17) is 38.3 Å². The Hall–Kier alpha value is -2.98. The predicted molar refractivity (Wildman–Crippen MR) is 185 cm³/mol. The maximum atomic E-state index is 16.0. The maximum Gasteiger partial charge on any atom is 0.480 e. The molecule has 3 atom stereocenters. The van der Waals surface area contributed by atoms with Crippen LogP contribution in [-0.2, 0) is 51.5 Å². The van der Waals surface area contributed by atoms with Gasteiger partial charge >= 0.3 is 37.3 Å². The summed E-state index contributed by atoms with van der Waals surface area (Å²) in [5.74, 6) is -6.68. The van der Waals surface area contributed by atoms with Gasteiger partial charge in [-0.3, -0.25) is 23.5 Å². The van der Waals surface area contributed by atoms with Crippen LogP contribution in [0.3, 0.4) is 0 Å². The zero-order valence-electron chi connectivity index (χ0n) is 31.4. The highest BCUT2D eigenvalue weighted by Gasteiger charge is 2.63. The summed E-state index contributed by atoms with van der Waals surface area (Å²) >= 11 is 0. The smallest absolute Gasteiger partial charge is 0.453 e. The van der Waals surface area contributed by atoms with Crippen LogP contribution in [0.4, 0.5) is 14.6 Å². The lowest BCUT2D eigenvalue weighted by Gasteiger charge is -2.25. The number of phosphoric ester groups is 1. The summed E-state index contributed by atoms with van der Waals surface area (Å²) in [6.45, 7) is 8.60. The Balaban J connectivity index is 2.19. The SMILES string of the molecule is CCCCCCCCCCCCC(=O)O[C@@H]1[C@@H](COP(=O)(OCOC(=O)C(C)(C)C)OCOC(=O)C(C)(C)C)OC(n2ccc(N)nc2=O)C1(F)F. The van der Waals surface area contributed by atoms with Gasteiger partial charge in [0.25, 0.3) is 0 Å². The second kappa shape index (κ2) is 20.5. The number of unbranched alkanes of at least 4 members (excludes halogenated alkanes) is 9. The molecular weight excluding hydrogens is 711 g/mol. The number of aromatic nitrogens is 2. The highest BCUT2D eigenvalue weighted by Crippen LogP contribution is 2.52. The van der Waals surface area contributed by atoms with Crippen LogP contribution < -0.4 is 11.4 Å². The molecule has 0 saturated carbocycles. The highest BCUT2D eigenvalue weighted by atomic mass is 31.2. The van der Waals surface area contributed by atoms with Crippen molar-refractivity contribution >= 4 is 31.5 Å². The lowest BCUT2D eigenvalue weighted by Crippen LogP contribution is -2.44. The van der Waals surface area contributed by atoms with Gasteiger partial charge in [-0.2, -0.15) is 13.8 Å². The third-order valence-electron chi connectivity index (χ3n) is 7.87. The van der Waals surface area contributed by atoms with Crippen LogP contribution in [-0.4, -0.2) is 65.8 Å². The largest absolute Gasteiger partial charge is 0.480 e. The van der Waals surface area contributed by atoms with Gasteiger partial charge in [0.2, 0.25) is 19.8 Å². The number of nitrogens with zero attached hydrogens (tertiary/aromatic N) is 2. The van der Waals surface area contributed by atoms with E-state index in [0.717, 1.165) is 37.9 Å². The first-order valence-electron chi connectivity index (χ1n) is 17.7. The molecule has 2 heterocycles. The summed E-state index contributed by atoms with van der Waals surface area (Å²) in [5, 5.41) is 0. The molecule has 1 aliphatic rings. The molecule has 2 N–H and O–H groups in total. The van der Waals surface area contributed by atoms with E-state index in [0.29, 0.717) is 17.4 Å². The number of alkyl halides is 2. The van der Waals surface area contributed by atoms with Crippen molar-refractivity contribution in [3.63, 3.8) is 0 Å². The molecule has 0 aromatic carbocycles. The maximum absolute atomic E-state index is 16.0. The van der Waals surface area contributed by atoms with Gasteiger partial charge in [-0.25, -0.2) is 18.4 Å². The van der Waals surface area contributed by atoms with Gasteiger partial charge < -0.3 is 24.7 Å². The van der Waals surface area contributed by atoms with Crippen LogP contribution in [0, 0.1) is 10.8 Å². The number of carbonyl (C=O) groups excluding carboxylic acids is 3. The molecule has 0 amide bonds. The molecule has 1 aliphatic heterocycles. The summed E-state index contributed by atoms with van der Waals surface area (Å²) in [6.07, 6.45) is 4.27. The Morgan fingerprint density at radius 1 is 0.885 bits per heavy atom.